The van der Waals surface area contributed by atoms with Crippen molar-refractivity contribution in [2.45, 2.75) is 38.1 Å². The van der Waals surface area contributed by atoms with Crippen molar-refractivity contribution in [1.82, 2.24) is 15.3 Å². The summed E-state index contributed by atoms with van der Waals surface area (Å²) in [7, 11) is 0. The molecule has 0 aliphatic heterocycles. The van der Waals surface area contributed by atoms with Crippen molar-refractivity contribution in [2.24, 2.45) is 0 Å². The molecule has 1 unspecified atom stereocenters. The van der Waals surface area contributed by atoms with E-state index in [0.29, 0.717) is 16.5 Å². The summed E-state index contributed by atoms with van der Waals surface area (Å²) < 4.78 is 0.244. The third-order valence-corrected chi connectivity index (χ3v) is 5.63. The second-order valence-electron chi connectivity index (χ2n) is 7.70. The van der Waals surface area contributed by atoms with Crippen LogP contribution in [0.1, 0.15) is 54.2 Å². The molecular formula is C21H21N3O2S. The van der Waals surface area contributed by atoms with Gasteiger partial charge in [0.25, 0.3) is 11.5 Å². The predicted molar refractivity (Wildman–Crippen MR) is 109 cm³/mol. The Kier molecular flexibility index (Phi) is 4.23. The quantitative estimate of drug-likeness (QED) is 0.586. The lowest BCUT2D eigenvalue weighted by Crippen LogP contribution is -2.35. The number of hydrogen-bond donors (Lipinski definition) is 3. The Morgan fingerprint density at radius 1 is 1.19 bits per heavy atom. The molecule has 4 rings (SSSR count). The number of benzene rings is 2. The van der Waals surface area contributed by atoms with Gasteiger partial charge in [-0.3, -0.25) is 14.6 Å². The molecule has 0 bridgehead atoms. The van der Waals surface area contributed by atoms with Gasteiger partial charge < -0.3 is 10.3 Å². The van der Waals surface area contributed by atoms with Crippen molar-refractivity contribution in [2.75, 3.05) is 0 Å². The average molecular weight is 379 g/mol. The number of hydrogen-bond acceptors (Lipinski definition) is 3. The van der Waals surface area contributed by atoms with E-state index in [2.05, 4.69) is 41.3 Å². The van der Waals surface area contributed by atoms with Crippen LogP contribution < -0.4 is 10.9 Å². The van der Waals surface area contributed by atoms with E-state index >= 15 is 0 Å². The topological polar surface area (TPSA) is 77.8 Å². The fraction of sp³-hybridized carbons (Fsp3) is 0.286. The van der Waals surface area contributed by atoms with Crippen molar-refractivity contribution < 1.29 is 4.79 Å². The highest BCUT2D eigenvalue weighted by atomic mass is 32.1. The molecule has 1 aromatic heterocycles. The molecule has 3 aromatic rings. The van der Waals surface area contributed by atoms with E-state index in [1.165, 1.54) is 11.1 Å². The van der Waals surface area contributed by atoms with Crippen molar-refractivity contribution in [3.8, 4) is 0 Å². The third-order valence-electron chi connectivity index (χ3n) is 5.43. The Hall–Kier alpha value is -2.73. The molecule has 5 nitrogen and oxygen atoms in total. The molecule has 0 saturated carbocycles. The second kappa shape index (κ2) is 6.46. The van der Waals surface area contributed by atoms with Crippen LogP contribution in [0.3, 0.4) is 0 Å². The zero-order chi connectivity index (χ0) is 19.2. The Labute approximate surface area is 161 Å². The highest BCUT2D eigenvalue weighted by Crippen LogP contribution is 2.41. The maximum Gasteiger partial charge on any atom is 0.259 e. The fourth-order valence-corrected chi connectivity index (χ4v) is 4.12. The molecule has 0 spiro atoms. The van der Waals surface area contributed by atoms with Gasteiger partial charge in [0.1, 0.15) is 0 Å². The van der Waals surface area contributed by atoms with Crippen LogP contribution in [0.2, 0.25) is 0 Å². The first-order valence-corrected chi connectivity index (χ1v) is 9.43. The summed E-state index contributed by atoms with van der Waals surface area (Å²) in [5, 5.41) is 3.64. The van der Waals surface area contributed by atoms with Crippen molar-refractivity contribution in [3.05, 3.63) is 74.3 Å². The van der Waals surface area contributed by atoms with Gasteiger partial charge >= 0.3 is 0 Å². The monoisotopic (exact) mass is 379 g/mol. The van der Waals surface area contributed by atoms with E-state index in [0.717, 1.165) is 12.8 Å². The SMILES string of the molecule is CC1(C)CCC(NC(=O)c2ccc3c(=O)[nH]c(=S)[nH]c3c2)c2ccccc21. The fourth-order valence-electron chi connectivity index (χ4n) is 3.91. The third kappa shape index (κ3) is 3.21. The molecule has 0 saturated heterocycles. The summed E-state index contributed by atoms with van der Waals surface area (Å²) in [6.07, 6.45) is 1.90. The first kappa shape index (κ1) is 17.7. The number of carbonyl (C=O) groups is 1. The average Bonchev–Trinajstić information content (AvgIpc) is 2.63. The van der Waals surface area contributed by atoms with Crippen LogP contribution in [0, 0.1) is 4.77 Å². The molecule has 1 aliphatic rings. The molecule has 1 heterocycles. The maximum absolute atomic E-state index is 12.9. The van der Waals surface area contributed by atoms with E-state index in [1.54, 1.807) is 18.2 Å². The summed E-state index contributed by atoms with van der Waals surface area (Å²) in [6, 6.07) is 13.3. The molecule has 0 fully saturated rings. The van der Waals surface area contributed by atoms with Crippen molar-refractivity contribution in [3.63, 3.8) is 0 Å². The van der Waals surface area contributed by atoms with E-state index in [4.69, 9.17) is 12.2 Å². The summed E-state index contributed by atoms with van der Waals surface area (Å²) in [6.45, 7) is 4.49. The normalized spacial score (nSPS) is 18.1. The van der Waals surface area contributed by atoms with Gasteiger partial charge in [0.15, 0.2) is 4.77 Å². The molecule has 2 aromatic carbocycles. The lowest BCUT2D eigenvalue weighted by atomic mass is 9.71. The zero-order valence-electron chi connectivity index (χ0n) is 15.3. The maximum atomic E-state index is 12.9. The molecular weight excluding hydrogens is 358 g/mol. The van der Waals surface area contributed by atoms with Gasteiger partial charge in [-0.25, -0.2) is 0 Å². The summed E-state index contributed by atoms with van der Waals surface area (Å²) in [4.78, 5) is 30.3. The number of rotatable bonds is 2. The second-order valence-corrected chi connectivity index (χ2v) is 8.11. The Bertz CT molecular complexity index is 1160. The summed E-state index contributed by atoms with van der Waals surface area (Å²) in [5.74, 6) is -0.156. The Balaban J connectivity index is 1.66. The summed E-state index contributed by atoms with van der Waals surface area (Å²) >= 11 is 5.02. The summed E-state index contributed by atoms with van der Waals surface area (Å²) in [5.41, 5.74) is 3.37. The first-order chi connectivity index (χ1) is 12.8. The minimum Gasteiger partial charge on any atom is -0.345 e. The molecule has 1 amide bonds. The minimum absolute atomic E-state index is 0.0184. The Morgan fingerprint density at radius 3 is 2.78 bits per heavy atom. The number of nitrogens with one attached hydrogen (secondary N) is 3. The van der Waals surface area contributed by atoms with Gasteiger partial charge in [-0.05, 0) is 59.8 Å². The van der Waals surface area contributed by atoms with Crippen LogP contribution in [0.25, 0.3) is 10.9 Å². The largest absolute Gasteiger partial charge is 0.345 e. The number of amides is 1. The van der Waals surface area contributed by atoms with Crippen LogP contribution in [0.4, 0.5) is 0 Å². The number of H-pyrrole nitrogens is 2. The molecule has 138 valence electrons. The van der Waals surface area contributed by atoms with Crippen LogP contribution >= 0.6 is 12.2 Å². The highest BCUT2D eigenvalue weighted by Gasteiger charge is 2.33. The lowest BCUT2D eigenvalue weighted by molar-refractivity contribution is 0.0929. The van der Waals surface area contributed by atoms with E-state index < -0.39 is 0 Å². The van der Waals surface area contributed by atoms with Gasteiger partial charge in [-0.15, -0.1) is 0 Å². The highest BCUT2D eigenvalue weighted by molar-refractivity contribution is 7.71. The van der Waals surface area contributed by atoms with Crippen molar-refractivity contribution >= 4 is 29.0 Å². The number of fused-ring (bicyclic) bond motifs is 2. The minimum atomic E-state index is -0.260. The van der Waals surface area contributed by atoms with Gasteiger partial charge in [0.05, 0.1) is 16.9 Å². The molecule has 6 heteroatoms. The smallest absolute Gasteiger partial charge is 0.259 e. The molecule has 1 aliphatic carbocycles. The molecule has 1 atom stereocenters. The van der Waals surface area contributed by atoms with E-state index in [1.807, 2.05) is 12.1 Å². The van der Waals surface area contributed by atoms with Crippen LogP contribution in [0.5, 0.6) is 0 Å². The molecule has 27 heavy (non-hydrogen) atoms. The van der Waals surface area contributed by atoms with Crippen LogP contribution in [0.15, 0.2) is 47.3 Å². The first-order valence-electron chi connectivity index (χ1n) is 9.02. The van der Waals surface area contributed by atoms with Gasteiger partial charge in [-0.2, -0.15) is 0 Å². The molecule has 0 radical (unpaired) electrons. The van der Waals surface area contributed by atoms with Crippen LogP contribution in [-0.2, 0) is 5.41 Å². The Morgan fingerprint density at radius 2 is 1.96 bits per heavy atom. The lowest BCUT2D eigenvalue weighted by Gasteiger charge is -2.37. The number of aromatic amines is 2. The predicted octanol–water partition coefficient (Wildman–Crippen LogP) is 4.13. The zero-order valence-corrected chi connectivity index (χ0v) is 16.1. The standard InChI is InChI=1S/C21H21N3O2S/c1-21(2)10-9-16(13-5-3-4-6-15(13)21)22-18(25)12-7-8-14-17(11-12)23-20(27)24-19(14)26/h3-8,11,16H,9-10H2,1-2H3,(H,22,25)(H2,23,24,26,27). The van der Waals surface area contributed by atoms with Gasteiger partial charge in [-0.1, -0.05) is 38.1 Å². The number of carbonyl (C=O) groups excluding carboxylic acids is 1. The molecule has 3 N–H and O–H groups in total. The van der Waals surface area contributed by atoms with E-state index in [-0.39, 0.29) is 27.7 Å². The van der Waals surface area contributed by atoms with E-state index in [9.17, 15) is 9.59 Å². The number of aromatic nitrogens is 2. The van der Waals surface area contributed by atoms with Crippen LogP contribution in [-0.4, -0.2) is 15.9 Å². The van der Waals surface area contributed by atoms with Gasteiger partial charge in [0.2, 0.25) is 0 Å². The van der Waals surface area contributed by atoms with Crippen molar-refractivity contribution in [1.29, 1.82) is 0 Å². The van der Waals surface area contributed by atoms with Gasteiger partial charge in [0, 0.05) is 5.56 Å².